The number of ether oxygens (including phenoxy) is 1. The van der Waals surface area contributed by atoms with Crippen LogP contribution in [0.25, 0.3) is 0 Å². The second kappa shape index (κ2) is 9.90. The quantitative estimate of drug-likeness (QED) is 0.572. The third-order valence-corrected chi connectivity index (χ3v) is 6.70. The van der Waals surface area contributed by atoms with Gasteiger partial charge in [-0.25, -0.2) is 4.79 Å². The largest absolute Gasteiger partial charge is 0.464 e. The molecule has 0 N–H and O–H groups in total. The van der Waals surface area contributed by atoms with Gasteiger partial charge >= 0.3 is 5.97 Å². The Morgan fingerprint density at radius 2 is 1.71 bits per heavy atom. The third kappa shape index (κ3) is 5.91. The predicted octanol–water partition coefficient (Wildman–Crippen LogP) is 5.31. The van der Waals surface area contributed by atoms with E-state index in [0.717, 1.165) is 5.56 Å². The molecule has 1 fully saturated rings. The Morgan fingerprint density at radius 3 is 2.29 bits per heavy atom. The fourth-order valence-electron chi connectivity index (χ4n) is 3.60. The van der Waals surface area contributed by atoms with Gasteiger partial charge in [0.25, 0.3) is 5.91 Å². The minimum absolute atomic E-state index is 0.0180. The highest BCUT2D eigenvalue weighted by Crippen LogP contribution is 2.34. The predicted molar refractivity (Wildman–Crippen MR) is 127 cm³/mol. The van der Waals surface area contributed by atoms with E-state index in [2.05, 4.69) is 32.9 Å². The number of carbonyl (C=O) groups excluding carboxylic acids is 2. The monoisotopic (exact) mass is 439 g/mol. The van der Waals surface area contributed by atoms with Gasteiger partial charge in [0.15, 0.2) is 0 Å². The summed E-state index contributed by atoms with van der Waals surface area (Å²) in [6.45, 7) is 10.8. The number of rotatable bonds is 6. The van der Waals surface area contributed by atoms with E-state index in [1.807, 2.05) is 56.3 Å². The maximum Gasteiger partial charge on any atom is 0.329 e. The molecule has 4 nitrogen and oxygen atoms in total. The molecule has 1 aliphatic heterocycles. The van der Waals surface area contributed by atoms with Crippen LogP contribution in [0.2, 0.25) is 0 Å². The Morgan fingerprint density at radius 1 is 1.06 bits per heavy atom. The second-order valence-corrected chi connectivity index (χ2v) is 10.8. The molecule has 2 aromatic carbocycles. The van der Waals surface area contributed by atoms with E-state index in [-0.39, 0.29) is 28.6 Å². The molecular formula is C26H33NO3S. The van der Waals surface area contributed by atoms with Crippen molar-refractivity contribution in [1.82, 2.24) is 4.90 Å². The van der Waals surface area contributed by atoms with Gasteiger partial charge in [0, 0.05) is 17.7 Å². The summed E-state index contributed by atoms with van der Waals surface area (Å²) in [7, 11) is 0. The van der Waals surface area contributed by atoms with Crippen LogP contribution in [0, 0.1) is 5.92 Å². The summed E-state index contributed by atoms with van der Waals surface area (Å²) in [4.78, 5) is 28.2. The highest BCUT2D eigenvalue weighted by molar-refractivity contribution is 8.00. The van der Waals surface area contributed by atoms with Crippen LogP contribution in [-0.4, -0.2) is 40.6 Å². The Hall–Kier alpha value is -2.27. The van der Waals surface area contributed by atoms with Crippen molar-refractivity contribution in [2.75, 3.05) is 12.4 Å². The van der Waals surface area contributed by atoms with Crippen LogP contribution in [0.1, 0.15) is 56.1 Å². The third-order valence-electron chi connectivity index (χ3n) is 5.41. The maximum atomic E-state index is 13.6. The lowest BCUT2D eigenvalue weighted by Crippen LogP contribution is -2.47. The molecular weight excluding hydrogens is 406 g/mol. The zero-order valence-electron chi connectivity index (χ0n) is 19.1. The van der Waals surface area contributed by atoms with Crippen LogP contribution in [0.4, 0.5) is 0 Å². The summed E-state index contributed by atoms with van der Waals surface area (Å²) in [5.74, 6) is 0.391. The summed E-state index contributed by atoms with van der Waals surface area (Å²) in [6, 6.07) is 17.3. The van der Waals surface area contributed by atoms with E-state index in [0.29, 0.717) is 24.3 Å². The van der Waals surface area contributed by atoms with Gasteiger partial charge in [-0.3, -0.25) is 4.79 Å². The fraction of sp³-hybridized carbons (Fsp3) is 0.462. The fourth-order valence-corrected chi connectivity index (χ4v) is 5.01. The Kier molecular flexibility index (Phi) is 7.47. The lowest BCUT2D eigenvalue weighted by molar-refractivity contribution is -0.149. The van der Waals surface area contributed by atoms with Crippen molar-refractivity contribution >= 4 is 23.6 Å². The van der Waals surface area contributed by atoms with E-state index in [9.17, 15) is 9.59 Å². The molecule has 2 aromatic rings. The van der Waals surface area contributed by atoms with E-state index in [1.165, 1.54) is 5.56 Å². The Labute approximate surface area is 190 Å². The molecule has 2 atom stereocenters. The van der Waals surface area contributed by atoms with Crippen LogP contribution in [0.15, 0.2) is 54.6 Å². The highest BCUT2D eigenvalue weighted by atomic mass is 32.2. The molecule has 0 aliphatic carbocycles. The molecule has 0 saturated carbocycles. The van der Waals surface area contributed by atoms with Gasteiger partial charge in [0.2, 0.25) is 0 Å². The lowest BCUT2D eigenvalue weighted by Gasteiger charge is -2.29. The number of carbonyl (C=O) groups is 2. The summed E-state index contributed by atoms with van der Waals surface area (Å²) in [5.41, 5.74) is 2.95. The number of nitrogens with zero attached hydrogens (tertiary/aromatic N) is 1. The lowest BCUT2D eigenvalue weighted by atomic mass is 9.86. The van der Waals surface area contributed by atoms with E-state index in [1.54, 1.807) is 16.7 Å². The van der Waals surface area contributed by atoms with Crippen LogP contribution in [0.5, 0.6) is 0 Å². The molecule has 0 spiro atoms. The topological polar surface area (TPSA) is 46.6 Å². The van der Waals surface area contributed by atoms with E-state index < -0.39 is 6.04 Å². The molecule has 0 radical (unpaired) electrons. The van der Waals surface area contributed by atoms with Crippen LogP contribution in [-0.2, 0) is 21.4 Å². The van der Waals surface area contributed by atoms with Gasteiger partial charge in [-0.1, -0.05) is 77.1 Å². The molecule has 1 saturated heterocycles. The highest BCUT2D eigenvalue weighted by Gasteiger charge is 2.42. The van der Waals surface area contributed by atoms with Crippen molar-refractivity contribution < 1.29 is 14.3 Å². The Bertz CT molecular complexity index is 887. The standard InChI is InChI=1S/C26H33NO3S/c1-18(2)16-30-25(29)22-17-31-23(15-19-9-7-6-8-10-19)27(22)24(28)20-11-13-21(14-12-20)26(3,4)5/h6-14,18,22-23H,15-17H2,1-5H3. The zero-order valence-corrected chi connectivity index (χ0v) is 19.9. The smallest absolute Gasteiger partial charge is 0.329 e. The molecule has 5 heteroatoms. The number of hydrogen-bond acceptors (Lipinski definition) is 4. The van der Waals surface area contributed by atoms with Crippen molar-refractivity contribution in [2.24, 2.45) is 5.92 Å². The van der Waals surface area contributed by atoms with Crippen LogP contribution < -0.4 is 0 Å². The number of thioether (sulfide) groups is 1. The van der Waals surface area contributed by atoms with Crippen LogP contribution >= 0.6 is 11.8 Å². The summed E-state index contributed by atoms with van der Waals surface area (Å²) < 4.78 is 5.52. The summed E-state index contributed by atoms with van der Waals surface area (Å²) >= 11 is 1.65. The first-order chi connectivity index (χ1) is 14.7. The number of amides is 1. The Balaban J connectivity index is 1.86. The first kappa shape index (κ1) is 23.4. The first-order valence-corrected chi connectivity index (χ1v) is 12.0. The maximum absolute atomic E-state index is 13.6. The average Bonchev–Trinajstić information content (AvgIpc) is 3.15. The normalized spacial score (nSPS) is 19.0. The van der Waals surface area contributed by atoms with Crippen molar-refractivity contribution in [3.05, 3.63) is 71.3 Å². The van der Waals surface area contributed by atoms with Crippen molar-refractivity contribution in [3.8, 4) is 0 Å². The van der Waals surface area contributed by atoms with Crippen molar-refractivity contribution in [2.45, 2.75) is 57.9 Å². The minimum Gasteiger partial charge on any atom is -0.464 e. The van der Waals surface area contributed by atoms with Gasteiger partial charge in [-0.2, -0.15) is 0 Å². The van der Waals surface area contributed by atoms with Crippen LogP contribution in [0.3, 0.4) is 0 Å². The zero-order chi connectivity index (χ0) is 22.6. The average molecular weight is 440 g/mol. The van der Waals surface area contributed by atoms with Gasteiger partial charge in [-0.05, 0) is 34.6 Å². The summed E-state index contributed by atoms with van der Waals surface area (Å²) in [6.07, 6.45) is 0.700. The van der Waals surface area contributed by atoms with E-state index >= 15 is 0 Å². The first-order valence-electron chi connectivity index (χ1n) is 10.9. The number of hydrogen-bond donors (Lipinski definition) is 0. The molecule has 166 valence electrons. The second-order valence-electron chi connectivity index (χ2n) is 9.56. The number of benzene rings is 2. The molecule has 2 unspecified atom stereocenters. The SMILES string of the molecule is CC(C)COC(=O)C1CSC(Cc2ccccc2)N1C(=O)c1ccc(C(C)(C)C)cc1. The summed E-state index contributed by atoms with van der Waals surface area (Å²) in [5, 5.41) is -0.103. The van der Waals surface area contributed by atoms with Crippen molar-refractivity contribution in [3.63, 3.8) is 0 Å². The molecule has 1 heterocycles. The molecule has 3 rings (SSSR count). The molecule has 31 heavy (non-hydrogen) atoms. The minimum atomic E-state index is -0.563. The number of esters is 1. The molecule has 1 aliphatic rings. The van der Waals surface area contributed by atoms with E-state index in [4.69, 9.17) is 4.74 Å². The van der Waals surface area contributed by atoms with Gasteiger partial charge in [0.1, 0.15) is 6.04 Å². The van der Waals surface area contributed by atoms with Gasteiger partial charge in [-0.15, -0.1) is 11.8 Å². The van der Waals surface area contributed by atoms with Gasteiger partial charge < -0.3 is 9.64 Å². The molecule has 0 aromatic heterocycles. The molecule has 0 bridgehead atoms. The van der Waals surface area contributed by atoms with Crippen molar-refractivity contribution in [1.29, 1.82) is 0 Å². The van der Waals surface area contributed by atoms with Gasteiger partial charge in [0.05, 0.1) is 12.0 Å². The molecule has 1 amide bonds.